The molecule has 8 nitrogen and oxygen atoms in total. The van der Waals surface area contributed by atoms with Gasteiger partial charge in [0.15, 0.2) is 0 Å². The molecule has 1 aromatic rings. The summed E-state index contributed by atoms with van der Waals surface area (Å²) in [6.45, 7) is 8.53. The molecule has 0 bridgehead atoms. The van der Waals surface area contributed by atoms with Crippen LogP contribution in [0.15, 0.2) is 18.2 Å². The van der Waals surface area contributed by atoms with Crippen molar-refractivity contribution in [3.05, 3.63) is 23.8 Å². The normalized spacial score (nSPS) is 17.7. The summed E-state index contributed by atoms with van der Waals surface area (Å²) in [5, 5.41) is 0. The maximum absolute atomic E-state index is 12.7. The monoisotopic (exact) mass is 457 g/mol. The van der Waals surface area contributed by atoms with Crippen LogP contribution >= 0.6 is 0 Å². The van der Waals surface area contributed by atoms with E-state index in [1.54, 1.807) is 6.92 Å². The minimum absolute atomic E-state index is 0.0751. The number of hydrogen-bond acceptors (Lipinski definition) is 7. The fraction of sp³-hybridized carbons (Fsp3) is 0.682. The maximum Gasteiger partial charge on any atom is 0.332 e. The maximum atomic E-state index is 12.7. The number of rotatable bonds is 12. The van der Waals surface area contributed by atoms with Gasteiger partial charge < -0.3 is 18.9 Å². The van der Waals surface area contributed by atoms with Gasteiger partial charge in [0, 0.05) is 18.5 Å². The van der Waals surface area contributed by atoms with Crippen LogP contribution < -0.4 is 9.47 Å². The van der Waals surface area contributed by atoms with Crippen LogP contribution in [-0.2, 0) is 24.3 Å². The molecule has 0 aromatic heterocycles. The van der Waals surface area contributed by atoms with Crippen LogP contribution in [0.5, 0.6) is 11.5 Å². The minimum atomic E-state index is -3.56. The standard InChI is InChI=1S/C22H35NO7S/c1-6-8-12-29-17-9-10-20-18(14-17)19(15-22(3,4)30-20)23(31(5,25)26)11-13-27-16-21(24)28-7-2/h9-10,14,19H,6-8,11-13,15-16H2,1-5H3. The highest BCUT2D eigenvalue weighted by Crippen LogP contribution is 2.44. The first-order chi connectivity index (χ1) is 14.6. The molecular formula is C22H35NO7S. The van der Waals surface area contributed by atoms with Crippen LogP contribution in [0, 0.1) is 0 Å². The average Bonchev–Trinajstić information content (AvgIpc) is 2.66. The van der Waals surface area contributed by atoms with Crippen molar-refractivity contribution in [1.29, 1.82) is 0 Å². The van der Waals surface area contributed by atoms with E-state index in [0.29, 0.717) is 24.5 Å². The Morgan fingerprint density at radius 1 is 1.26 bits per heavy atom. The number of carbonyl (C=O) groups excluding carboxylic acids is 1. The number of hydrogen-bond donors (Lipinski definition) is 0. The van der Waals surface area contributed by atoms with E-state index in [0.717, 1.165) is 18.4 Å². The van der Waals surface area contributed by atoms with Gasteiger partial charge in [-0.15, -0.1) is 0 Å². The van der Waals surface area contributed by atoms with Gasteiger partial charge in [-0.05, 0) is 45.4 Å². The molecular weight excluding hydrogens is 422 g/mol. The van der Waals surface area contributed by atoms with Gasteiger partial charge in [0.25, 0.3) is 0 Å². The first kappa shape index (κ1) is 25.4. The lowest BCUT2D eigenvalue weighted by molar-refractivity contribution is -0.148. The molecule has 0 fully saturated rings. The summed E-state index contributed by atoms with van der Waals surface area (Å²) in [4.78, 5) is 11.5. The topological polar surface area (TPSA) is 91.4 Å². The van der Waals surface area contributed by atoms with Crippen LogP contribution in [0.2, 0.25) is 0 Å². The summed E-state index contributed by atoms with van der Waals surface area (Å²) in [6, 6.07) is 5.11. The molecule has 0 saturated heterocycles. The van der Waals surface area contributed by atoms with Crippen molar-refractivity contribution in [3.8, 4) is 11.5 Å². The summed E-state index contributed by atoms with van der Waals surface area (Å²) in [5.41, 5.74) is 0.223. The Hall–Kier alpha value is -1.84. The van der Waals surface area contributed by atoms with Gasteiger partial charge in [0.05, 0.1) is 32.1 Å². The Bertz CT molecular complexity index is 838. The molecule has 1 heterocycles. The van der Waals surface area contributed by atoms with Gasteiger partial charge in [-0.1, -0.05) is 13.3 Å². The third-order valence-corrected chi connectivity index (χ3v) is 6.22. The van der Waals surface area contributed by atoms with Crippen LogP contribution in [0.25, 0.3) is 0 Å². The zero-order chi connectivity index (χ0) is 23.1. The molecule has 1 aliphatic heterocycles. The van der Waals surface area contributed by atoms with E-state index in [4.69, 9.17) is 18.9 Å². The van der Waals surface area contributed by atoms with Gasteiger partial charge in [0.1, 0.15) is 23.7 Å². The zero-order valence-corrected chi connectivity index (χ0v) is 20.0. The quantitative estimate of drug-likeness (QED) is 0.351. The Balaban J connectivity index is 2.24. The first-order valence-electron chi connectivity index (χ1n) is 10.7. The largest absolute Gasteiger partial charge is 0.494 e. The molecule has 0 spiro atoms. The van der Waals surface area contributed by atoms with Crippen molar-refractivity contribution in [3.63, 3.8) is 0 Å². The molecule has 1 aliphatic rings. The molecule has 1 atom stereocenters. The number of ether oxygens (including phenoxy) is 4. The second-order valence-electron chi connectivity index (χ2n) is 8.21. The SMILES string of the molecule is CCCCOc1ccc2c(c1)C(N(CCOCC(=O)OCC)S(C)(=O)=O)CC(C)(C)O2. The Kier molecular flexibility index (Phi) is 9.14. The molecule has 0 saturated carbocycles. The van der Waals surface area contributed by atoms with E-state index in [9.17, 15) is 13.2 Å². The highest BCUT2D eigenvalue weighted by Gasteiger charge is 2.40. The summed E-state index contributed by atoms with van der Waals surface area (Å²) in [5.74, 6) is 0.859. The van der Waals surface area contributed by atoms with Crippen molar-refractivity contribution in [2.75, 3.05) is 39.2 Å². The lowest BCUT2D eigenvalue weighted by Crippen LogP contribution is -2.44. The first-order valence-corrected chi connectivity index (χ1v) is 12.6. The van der Waals surface area contributed by atoms with E-state index in [2.05, 4.69) is 6.92 Å². The van der Waals surface area contributed by atoms with Gasteiger partial charge in [-0.25, -0.2) is 13.2 Å². The number of fused-ring (bicyclic) bond motifs is 1. The number of unbranched alkanes of at least 4 members (excludes halogenated alkanes) is 1. The van der Waals surface area contributed by atoms with Crippen molar-refractivity contribution in [1.82, 2.24) is 4.31 Å². The second-order valence-corrected chi connectivity index (χ2v) is 10.1. The summed E-state index contributed by atoms with van der Waals surface area (Å²) in [7, 11) is -3.56. The predicted molar refractivity (Wildman–Crippen MR) is 118 cm³/mol. The minimum Gasteiger partial charge on any atom is -0.494 e. The fourth-order valence-corrected chi connectivity index (χ4v) is 4.60. The average molecular weight is 458 g/mol. The van der Waals surface area contributed by atoms with Crippen LogP contribution in [0.1, 0.15) is 58.6 Å². The highest BCUT2D eigenvalue weighted by atomic mass is 32.2. The number of carbonyl (C=O) groups is 1. The smallest absolute Gasteiger partial charge is 0.332 e. The van der Waals surface area contributed by atoms with Crippen LogP contribution in [0.3, 0.4) is 0 Å². The molecule has 1 unspecified atom stereocenters. The van der Waals surface area contributed by atoms with E-state index in [1.807, 2.05) is 32.0 Å². The summed E-state index contributed by atoms with van der Waals surface area (Å²) < 4.78 is 48.9. The Morgan fingerprint density at radius 2 is 2.00 bits per heavy atom. The number of sulfonamides is 1. The van der Waals surface area contributed by atoms with Crippen molar-refractivity contribution >= 4 is 16.0 Å². The van der Waals surface area contributed by atoms with E-state index in [-0.39, 0.29) is 26.4 Å². The molecule has 0 aliphatic carbocycles. The third kappa shape index (κ3) is 7.66. The summed E-state index contributed by atoms with van der Waals surface area (Å²) >= 11 is 0. The lowest BCUT2D eigenvalue weighted by atomic mass is 9.89. The van der Waals surface area contributed by atoms with Crippen molar-refractivity contribution in [2.45, 2.75) is 58.6 Å². The molecule has 31 heavy (non-hydrogen) atoms. The predicted octanol–water partition coefficient (Wildman–Crippen LogP) is 3.31. The number of nitrogens with zero attached hydrogens (tertiary/aromatic N) is 1. The highest BCUT2D eigenvalue weighted by molar-refractivity contribution is 7.88. The van der Waals surface area contributed by atoms with Crippen LogP contribution in [-0.4, -0.2) is 63.5 Å². The third-order valence-electron chi connectivity index (χ3n) is 4.93. The molecule has 0 radical (unpaired) electrons. The lowest BCUT2D eigenvalue weighted by Gasteiger charge is -2.41. The number of benzene rings is 1. The Morgan fingerprint density at radius 3 is 2.65 bits per heavy atom. The van der Waals surface area contributed by atoms with E-state index in [1.165, 1.54) is 10.6 Å². The molecule has 1 aromatic carbocycles. The van der Waals surface area contributed by atoms with Crippen molar-refractivity contribution in [2.24, 2.45) is 0 Å². The Labute approximate surface area is 185 Å². The van der Waals surface area contributed by atoms with E-state index >= 15 is 0 Å². The van der Waals surface area contributed by atoms with Crippen LogP contribution in [0.4, 0.5) is 0 Å². The van der Waals surface area contributed by atoms with E-state index < -0.39 is 27.6 Å². The molecule has 0 N–H and O–H groups in total. The molecule has 176 valence electrons. The van der Waals surface area contributed by atoms with Crippen molar-refractivity contribution < 1.29 is 32.2 Å². The van der Waals surface area contributed by atoms with Gasteiger partial charge in [-0.2, -0.15) is 4.31 Å². The van der Waals surface area contributed by atoms with Gasteiger partial charge in [-0.3, -0.25) is 0 Å². The molecule has 2 rings (SSSR count). The molecule has 0 amide bonds. The number of esters is 1. The summed E-state index contributed by atoms with van der Waals surface area (Å²) in [6.07, 6.45) is 3.63. The molecule has 9 heteroatoms. The second kappa shape index (κ2) is 11.2. The van der Waals surface area contributed by atoms with Gasteiger partial charge in [0.2, 0.25) is 10.0 Å². The van der Waals surface area contributed by atoms with Gasteiger partial charge >= 0.3 is 5.97 Å². The zero-order valence-electron chi connectivity index (χ0n) is 19.2. The fourth-order valence-electron chi connectivity index (χ4n) is 3.54.